The van der Waals surface area contributed by atoms with E-state index in [1.165, 1.54) is 18.9 Å². The molecule has 0 saturated heterocycles. The zero-order valence-corrected chi connectivity index (χ0v) is 12.5. The lowest BCUT2D eigenvalue weighted by Gasteiger charge is -2.19. The highest BCUT2D eigenvalue weighted by Gasteiger charge is 2.05. The van der Waals surface area contributed by atoms with E-state index in [9.17, 15) is 4.39 Å². The second-order valence-corrected chi connectivity index (χ2v) is 5.53. The summed E-state index contributed by atoms with van der Waals surface area (Å²) in [6.07, 6.45) is 3.48. The van der Waals surface area contributed by atoms with E-state index in [2.05, 4.69) is 19.2 Å². The predicted molar refractivity (Wildman–Crippen MR) is 81.2 cm³/mol. The quantitative estimate of drug-likeness (QED) is 0.686. The molecule has 0 fully saturated rings. The fraction of sp³-hybridized carbons (Fsp3) is 0.625. The molecule has 3 heteroatoms. The molecule has 0 atom stereocenters. The van der Waals surface area contributed by atoms with Gasteiger partial charge in [-0.25, -0.2) is 4.39 Å². The van der Waals surface area contributed by atoms with Crippen molar-refractivity contribution in [3.63, 3.8) is 0 Å². The van der Waals surface area contributed by atoms with Gasteiger partial charge in [-0.3, -0.25) is 0 Å². The molecule has 0 saturated carbocycles. The van der Waals surface area contributed by atoms with Crippen LogP contribution in [-0.4, -0.2) is 26.7 Å². The van der Waals surface area contributed by atoms with Crippen LogP contribution < -0.4 is 10.2 Å². The second kappa shape index (κ2) is 8.92. The van der Waals surface area contributed by atoms with Gasteiger partial charge in [-0.2, -0.15) is 0 Å². The van der Waals surface area contributed by atoms with Gasteiger partial charge in [0.15, 0.2) is 0 Å². The molecule has 1 N–H and O–H groups in total. The van der Waals surface area contributed by atoms with E-state index >= 15 is 0 Å². The van der Waals surface area contributed by atoms with Gasteiger partial charge in [0.2, 0.25) is 0 Å². The maximum atomic E-state index is 13.5. The van der Waals surface area contributed by atoms with E-state index in [4.69, 9.17) is 0 Å². The number of hydrogen-bond donors (Lipinski definition) is 1. The first-order chi connectivity index (χ1) is 9.11. The molecular formula is C16H27FN2. The Bertz CT molecular complexity index is 352. The monoisotopic (exact) mass is 266 g/mol. The lowest BCUT2D eigenvalue weighted by atomic mass is 10.2. The summed E-state index contributed by atoms with van der Waals surface area (Å²) in [7, 11) is 1.95. The average Bonchev–Trinajstić information content (AvgIpc) is 2.37. The molecule has 1 rings (SSSR count). The maximum absolute atomic E-state index is 13.5. The van der Waals surface area contributed by atoms with E-state index in [0.717, 1.165) is 26.1 Å². The van der Waals surface area contributed by atoms with Gasteiger partial charge in [-0.1, -0.05) is 32.4 Å². The summed E-state index contributed by atoms with van der Waals surface area (Å²) < 4.78 is 13.5. The summed E-state index contributed by atoms with van der Waals surface area (Å²) in [5.74, 6) is 0.579. The van der Waals surface area contributed by atoms with Crippen molar-refractivity contribution in [2.75, 3.05) is 31.6 Å². The third-order valence-electron chi connectivity index (χ3n) is 3.16. The number of hydrogen-bond acceptors (Lipinski definition) is 2. The highest BCUT2D eigenvalue weighted by atomic mass is 19.1. The number of unbranched alkanes of at least 4 members (excludes halogenated alkanes) is 2. The molecule has 19 heavy (non-hydrogen) atoms. The molecule has 0 amide bonds. The van der Waals surface area contributed by atoms with Crippen molar-refractivity contribution in [1.82, 2.24) is 5.32 Å². The normalized spacial score (nSPS) is 11.0. The molecule has 0 spiro atoms. The first kappa shape index (κ1) is 16.0. The van der Waals surface area contributed by atoms with Gasteiger partial charge in [0.05, 0.1) is 5.69 Å². The fourth-order valence-electron chi connectivity index (χ4n) is 2.05. The van der Waals surface area contributed by atoms with E-state index in [1.54, 1.807) is 6.07 Å². The topological polar surface area (TPSA) is 15.3 Å². The Labute approximate surface area is 117 Å². The van der Waals surface area contributed by atoms with Gasteiger partial charge in [0, 0.05) is 13.6 Å². The third-order valence-corrected chi connectivity index (χ3v) is 3.16. The molecule has 0 bridgehead atoms. The molecule has 0 aliphatic rings. The Morgan fingerprint density at radius 3 is 2.58 bits per heavy atom. The zero-order chi connectivity index (χ0) is 14.1. The summed E-state index contributed by atoms with van der Waals surface area (Å²) in [4.78, 5) is 2.00. The summed E-state index contributed by atoms with van der Waals surface area (Å²) in [5.41, 5.74) is 0.695. The minimum absolute atomic E-state index is 0.136. The van der Waals surface area contributed by atoms with Crippen LogP contribution in [0, 0.1) is 11.7 Å². The summed E-state index contributed by atoms with van der Waals surface area (Å²) in [6.45, 7) is 7.52. The van der Waals surface area contributed by atoms with Crippen molar-refractivity contribution in [2.45, 2.75) is 33.1 Å². The zero-order valence-electron chi connectivity index (χ0n) is 12.5. The Morgan fingerprint density at radius 2 is 1.89 bits per heavy atom. The Morgan fingerprint density at radius 1 is 1.16 bits per heavy atom. The van der Waals surface area contributed by atoms with Crippen LogP contribution in [0.1, 0.15) is 33.1 Å². The molecule has 0 unspecified atom stereocenters. The number of rotatable bonds is 9. The average molecular weight is 266 g/mol. The Balaban J connectivity index is 2.11. The molecule has 1 aromatic rings. The SMILES string of the molecule is CC(C)CNCCCCCN(C)c1ccccc1F. The standard InChI is InChI=1S/C16H27FN2/c1-14(2)13-18-11-7-4-8-12-19(3)16-10-6-5-9-15(16)17/h5-6,9-10,14,18H,4,7-8,11-13H2,1-3H3. The fourth-order valence-corrected chi connectivity index (χ4v) is 2.05. The number of para-hydroxylation sites is 1. The smallest absolute Gasteiger partial charge is 0.146 e. The Kier molecular flexibility index (Phi) is 7.49. The Hall–Kier alpha value is -1.09. The van der Waals surface area contributed by atoms with Gasteiger partial charge in [-0.15, -0.1) is 0 Å². The van der Waals surface area contributed by atoms with Crippen molar-refractivity contribution in [2.24, 2.45) is 5.92 Å². The van der Waals surface area contributed by atoms with Crippen LogP contribution in [0.15, 0.2) is 24.3 Å². The van der Waals surface area contributed by atoms with Crippen molar-refractivity contribution < 1.29 is 4.39 Å². The van der Waals surface area contributed by atoms with E-state index in [-0.39, 0.29) is 5.82 Å². The van der Waals surface area contributed by atoms with E-state index in [1.807, 2.05) is 24.1 Å². The minimum Gasteiger partial charge on any atom is -0.372 e. The molecule has 108 valence electrons. The first-order valence-electron chi connectivity index (χ1n) is 7.27. The number of nitrogens with zero attached hydrogens (tertiary/aromatic N) is 1. The summed E-state index contributed by atoms with van der Waals surface area (Å²) in [6, 6.07) is 6.96. The van der Waals surface area contributed by atoms with Crippen molar-refractivity contribution in [3.05, 3.63) is 30.1 Å². The van der Waals surface area contributed by atoms with Crippen LogP contribution in [-0.2, 0) is 0 Å². The highest BCUT2D eigenvalue weighted by Crippen LogP contribution is 2.17. The predicted octanol–water partition coefficient (Wildman–Crippen LogP) is 3.68. The number of benzene rings is 1. The second-order valence-electron chi connectivity index (χ2n) is 5.53. The van der Waals surface area contributed by atoms with E-state index < -0.39 is 0 Å². The summed E-state index contributed by atoms with van der Waals surface area (Å²) in [5, 5.41) is 3.44. The molecule has 2 nitrogen and oxygen atoms in total. The largest absolute Gasteiger partial charge is 0.372 e. The number of nitrogens with one attached hydrogen (secondary N) is 1. The molecule has 0 aliphatic carbocycles. The van der Waals surface area contributed by atoms with Crippen molar-refractivity contribution >= 4 is 5.69 Å². The third kappa shape index (κ3) is 6.58. The molecule has 1 aromatic carbocycles. The first-order valence-corrected chi connectivity index (χ1v) is 7.27. The van der Waals surface area contributed by atoms with Crippen LogP contribution in [0.5, 0.6) is 0 Å². The van der Waals surface area contributed by atoms with Crippen LogP contribution in [0.25, 0.3) is 0 Å². The number of anilines is 1. The van der Waals surface area contributed by atoms with Gasteiger partial charge in [0.1, 0.15) is 5.82 Å². The molecule has 0 aliphatic heterocycles. The minimum atomic E-state index is -0.136. The van der Waals surface area contributed by atoms with Gasteiger partial charge >= 0.3 is 0 Å². The van der Waals surface area contributed by atoms with E-state index in [0.29, 0.717) is 11.6 Å². The van der Waals surface area contributed by atoms with Crippen molar-refractivity contribution in [3.8, 4) is 0 Å². The van der Waals surface area contributed by atoms with Gasteiger partial charge in [0.25, 0.3) is 0 Å². The van der Waals surface area contributed by atoms with Crippen LogP contribution in [0.3, 0.4) is 0 Å². The van der Waals surface area contributed by atoms with Gasteiger partial charge in [-0.05, 0) is 44.0 Å². The maximum Gasteiger partial charge on any atom is 0.146 e. The van der Waals surface area contributed by atoms with Crippen LogP contribution in [0.2, 0.25) is 0 Å². The summed E-state index contributed by atoms with van der Waals surface area (Å²) >= 11 is 0. The molecule has 0 radical (unpaired) electrons. The molecular weight excluding hydrogens is 239 g/mol. The van der Waals surface area contributed by atoms with Crippen molar-refractivity contribution in [1.29, 1.82) is 0 Å². The van der Waals surface area contributed by atoms with Crippen LogP contribution in [0.4, 0.5) is 10.1 Å². The van der Waals surface area contributed by atoms with Gasteiger partial charge < -0.3 is 10.2 Å². The number of halogens is 1. The lowest BCUT2D eigenvalue weighted by Crippen LogP contribution is -2.22. The molecule has 0 heterocycles. The highest BCUT2D eigenvalue weighted by molar-refractivity contribution is 5.46. The molecule has 0 aromatic heterocycles. The lowest BCUT2D eigenvalue weighted by molar-refractivity contribution is 0.530. The van der Waals surface area contributed by atoms with Crippen LogP contribution >= 0.6 is 0 Å².